The van der Waals surface area contributed by atoms with Gasteiger partial charge in [-0.1, -0.05) is 31.9 Å². The van der Waals surface area contributed by atoms with Crippen LogP contribution in [0.3, 0.4) is 0 Å². The zero-order valence-corrected chi connectivity index (χ0v) is 9.83. The molecule has 3 N–H and O–H groups in total. The normalized spacial score (nSPS) is 10.3. The number of nitrogens with one attached hydrogen (secondary N) is 1. The molecule has 16 heavy (non-hydrogen) atoms. The Hall–Kier alpha value is -1.35. The number of hydrogen-bond acceptors (Lipinski definition) is 2. The first-order valence-electron chi connectivity index (χ1n) is 5.83. The first-order valence-corrected chi connectivity index (χ1v) is 5.83. The number of amides is 1. The molecule has 0 fully saturated rings. The van der Waals surface area contributed by atoms with Crippen LogP contribution in [0.25, 0.3) is 0 Å². The van der Waals surface area contributed by atoms with E-state index in [1.54, 1.807) is 6.07 Å². The molecule has 0 aliphatic heterocycles. The first kappa shape index (κ1) is 12.7. The molecule has 1 aromatic carbocycles. The molecule has 0 aliphatic carbocycles. The number of carbonyl (C=O) groups excluding carboxylic acids is 1. The van der Waals surface area contributed by atoms with E-state index in [0.717, 1.165) is 18.7 Å². The van der Waals surface area contributed by atoms with Gasteiger partial charge in [-0.25, -0.2) is 0 Å². The van der Waals surface area contributed by atoms with Crippen molar-refractivity contribution in [3.05, 3.63) is 35.4 Å². The van der Waals surface area contributed by atoms with Crippen LogP contribution >= 0.6 is 0 Å². The lowest BCUT2D eigenvalue weighted by Crippen LogP contribution is -2.16. The first-order chi connectivity index (χ1) is 7.74. The highest BCUT2D eigenvalue weighted by Crippen LogP contribution is 2.04. The van der Waals surface area contributed by atoms with Crippen molar-refractivity contribution in [2.45, 2.75) is 32.7 Å². The lowest BCUT2D eigenvalue weighted by atomic mass is 10.1. The van der Waals surface area contributed by atoms with E-state index in [-0.39, 0.29) is 5.91 Å². The molecule has 0 saturated carbocycles. The van der Waals surface area contributed by atoms with E-state index in [9.17, 15) is 4.79 Å². The van der Waals surface area contributed by atoms with E-state index in [0.29, 0.717) is 5.56 Å². The Morgan fingerprint density at radius 1 is 1.38 bits per heavy atom. The van der Waals surface area contributed by atoms with Gasteiger partial charge in [-0.3, -0.25) is 4.79 Å². The highest BCUT2D eigenvalue weighted by molar-refractivity contribution is 5.92. The van der Waals surface area contributed by atoms with Gasteiger partial charge in [0.05, 0.1) is 0 Å². The van der Waals surface area contributed by atoms with Crippen molar-refractivity contribution in [2.24, 2.45) is 5.73 Å². The Morgan fingerprint density at radius 2 is 2.19 bits per heavy atom. The smallest absolute Gasteiger partial charge is 0.248 e. The second-order valence-electron chi connectivity index (χ2n) is 3.95. The Morgan fingerprint density at radius 3 is 2.88 bits per heavy atom. The van der Waals surface area contributed by atoms with Gasteiger partial charge in [-0.05, 0) is 30.7 Å². The lowest BCUT2D eigenvalue weighted by Gasteiger charge is -2.05. The predicted octanol–water partition coefficient (Wildman–Crippen LogP) is 2.07. The largest absolute Gasteiger partial charge is 0.366 e. The molecule has 0 aromatic heterocycles. The van der Waals surface area contributed by atoms with Gasteiger partial charge in [0.25, 0.3) is 0 Å². The molecule has 0 bridgehead atoms. The van der Waals surface area contributed by atoms with Gasteiger partial charge in [0.2, 0.25) is 5.91 Å². The summed E-state index contributed by atoms with van der Waals surface area (Å²) in [5.74, 6) is -0.368. The highest BCUT2D eigenvalue weighted by Gasteiger charge is 2.00. The van der Waals surface area contributed by atoms with Gasteiger partial charge in [-0.2, -0.15) is 0 Å². The molecule has 3 nitrogen and oxygen atoms in total. The molecule has 0 atom stereocenters. The number of unbranched alkanes of at least 4 members (excludes halogenated alkanes) is 2. The number of nitrogens with two attached hydrogens (primary N) is 1. The second-order valence-corrected chi connectivity index (χ2v) is 3.95. The van der Waals surface area contributed by atoms with Crippen LogP contribution in [0.15, 0.2) is 24.3 Å². The van der Waals surface area contributed by atoms with E-state index in [1.807, 2.05) is 18.2 Å². The van der Waals surface area contributed by atoms with Crippen LogP contribution in [0.1, 0.15) is 42.1 Å². The average molecular weight is 220 g/mol. The summed E-state index contributed by atoms with van der Waals surface area (Å²) >= 11 is 0. The van der Waals surface area contributed by atoms with Crippen LogP contribution in [-0.2, 0) is 6.54 Å². The average Bonchev–Trinajstić information content (AvgIpc) is 2.29. The molecular weight excluding hydrogens is 200 g/mol. The van der Waals surface area contributed by atoms with E-state index < -0.39 is 0 Å². The molecule has 88 valence electrons. The third kappa shape index (κ3) is 4.45. The number of benzene rings is 1. The van der Waals surface area contributed by atoms with E-state index in [1.165, 1.54) is 19.3 Å². The predicted molar refractivity (Wildman–Crippen MR) is 66.2 cm³/mol. The fourth-order valence-corrected chi connectivity index (χ4v) is 1.57. The molecule has 0 spiro atoms. The van der Waals surface area contributed by atoms with Gasteiger partial charge in [0.1, 0.15) is 0 Å². The third-order valence-corrected chi connectivity index (χ3v) is 2.50. The van der Waals surface area contributed by atoms with Crippen molar-refractivity contribution < 1.29 is 4.79 Å². The van der Waals surface area contributed by atoms with Crippen LogP contribution in [0, 0.1) is 0 Å². The van der Waals surface area contributed by atoms with Crippen molar-refractivity contribution in [1.82, 2.24) is 5.32 Å². The quantitative estimate of drug-likeness (QED) is 0.691. The van der Waals surface area contributed by atoms with Crippen molar-refractivity contribution in [3.8, 4) is 0 Å². The summed E-state index contributed by atoms with van der Waals surface area (Å²) in [6.45, 7) is 4.01. The molecule has 0 aliphatic rings. The van der Waals surface area contributed by atoms with Gasteiger partial charge < -0.3 is 11.1 Å². The summed E-state index contributed by atoms with van der Waals surface area (Å²) in [5.41, 5.74) is 6.90. The Balaban J connectivity index is 2.36. The van der Waals surface area contributed by atoms with Crippen LogP contribution in [0.5, 0.6) is 0 Å². The van der Waals surface area contributed by atoms with Gasteiger partial charge >= 0.3 is 0 Å². The lowest BCUT2D eigenvalue weighted by molar-refractivity contribution is 0.1000. The van der Waals surface area contributed by atoms with Gasteiger partial charge in [0, 0.05) is 12.1 Å². The van der Waals surface area contributed by atoms with Crippen LogP contribution in [-0.4, -0.2) is 12.5 Å². The molecule has 0 saturated heterocycles. The summed E-state index contributed by atoms with van der Waals surface area (Å²) in [4.78, 5) is 11.0. The fraction of sp³-hybridized carbons (Fsp3) is 0.462. The molecule has 1 aromatic rings. The van der Waals surface area contributed by atoms with Gasteiger partial charge in [0.15, 0.2) is 0 Å². The summed E-state index contributed by atoms with van der Waals surface area (Å²) in [5, 5.41) is 3.35. The summed E-state index contributed by atoms with van der Waals surface area (Å²) in [6, 6.07) is 7.44. The standard InChI is InChI=1S/C13H20N2O/c1-2-3-4-8-15-10-11-6-5-7-12(9-11)13(14)16/h5-7,9,15H,2-4,8,10H2,1H3,(H2,14,16). The minimum atomic E-state index is -0.368. The highest BCUT2D eigenvalue weighted by atomic mass is 16.1. The summed E-state index contributed by atoms with van der Waals surface area (Å²) < 4.78 is 0. The van der Waals surface area contributed by atoms with Crippen molar-refractivity contribution >= 4 is 5.91 Å². The van der Waals surface area contributed by atoms with E-state index in [4.69, 9.17) is 5.73 Å². The Labute approximate surface area is 97.0 Å². The van der Waals surface area contributed by atoms with Gasteiger partial charge in [-0.15, -0.1) is 0 Å². The summed E-state index contributed by atoms with van der Waals surface area (Å²) in [6.07, 6.45) is 3.69. The third-order valence-electron chi connectivity index (χ3n) is 2.50. The Bertz CT molecular complexity index is 336. The number of carbonyl (C=O) groups is 1. The zero-order valence-electron chi connectivity index (χ0n) is 9.83. The molecule has 0 heterocycles. The fourth-order valence-electron chi connectivity index (χ4n) is 1.57. The molecule has 0 unspecified atom stereocenters. The SMILES string of the molecule is CCCCCNCc1cccc(C(N)=O)c1. The number of hydrogen-bond donors (Lipinski definition) is 2. The minimum absolute atomic E-state index is 0.368. The maximum absolute atomic E-state index is 11.0. The zero-order chi connectivity index (χ0) is 11.8. The maximum atomic E-state index is 11.0. The van der Waals surface area contributed by atoms with Crippen LogP contribution in [0.2, 0.25) is 0 Å². The van der Waals surface area contributed by atoms with E-state index in [2.05, 4.69) is 12.2 Å². The molecule has 1 rings (SSSR count). The van der Waals surface area contributed by atoms with Crippen molar-refractivity contribution in [3.63, 3.8) is 0 Å². The minimum Gasteiger partial charge on any atom is -0.366 e. The van der Waals surface area contributed by atoms with Crippen molar-refractivity contribution in [2.75, 3.05) is 6.54 Å². The van der Waals surface area contributed by atoms with E-state index >= 15 is 0 Å². The maximum Gasteiger partial charge on any atom is 0.248 e. The topological polar surface area (TPSA) is 55.1 Å². The molecule has 0 radical (unpaired) electrons. The number of rotatable bonds is 7. The molecular formula is C13H20N2O. The second kappa shape index (κ2) is 7.01. The monoisotopic (exact) mass is 220 g/mol. The molecule has 1 amide bonds. The summed E-state index contributed by atoms with van der Waals surface area (Å²) in [7, 11) is 0. The Kier molecular flexibility index (Phi) is 5.57. The number of primary amides is 1. The van der Waals surface area contributed by atoms with Crippen molar-refractivity contribution in [1.29, 1.82) is 0 Å². The van der Waals surface area contributed by atoms with Crippen LogP contribution in [0.4, 0.5) is 0 Å². The molecule has 3 heteroatoms. The van der Waals surface area contributed by atoms with Crippen LogP contribution < -0.4 is 11.1 Å².